The Bertz CT molecular complexity index is 1360. The fraction of sp³-hybridized carbons (Fsp3) is 0.657. The summed E-state index contributed by atoms with van der Waals surface area (Å²) >= 11 is 0. The van der Waals surface area contributed by atoms with Crippen LogP contribution in [0.5, 0.6) is 11.5 Å². The van der Waals surface area contributed by atoms with Crippen LogP contribution < -0.4 is 9.47 Å². The third-order valence-electron chi connectivity index (χ3n) is 9.63. The number of carbonyl (C=O) groups excluding carboxylic acids is 4. The number of hydrogen-bond donors (Lipinski definition) is 1. The van der Waals surface area contributed by atoms with E-state index in [0.717, 1.165) is 30.5 Å². The molecule has 2 aliphatic carbocycles. The smallest absolute Gasteiger partial charge is 0.348 e. The summed E-state index contributed by atoms with van der Waals surface area (Å²) in [6, 6.07) is 3.63. The van der Waals surface area contributed by atoms with Gasteiger partial charge >= 0.3 is 23.9 Å². The molecule has 0 unspecified atom stereocenters. The first kappa shape index (κ1) is 36.2. The molecule has 0 aromatic heterocycles. The molecule has 260 valence electrons. The van der Waals surface area contributed by atoms with Crippen LogP contribution in [-0.4, -0.2) is 91.7 Å². The van der Waals surface area contributed by atoms with Crippen LogP contribution in [0.15, 0.2) is 24.0 Å². The molecule has 1 aliphatic heterocycles. The average Bonchev–Trinajstić information content (AvgIpc) is 3.38. The lowest BCUT2D eigenvalue weighted by Crippen LogP contribution is -2.69. The third-order valence-corrected chi connectivity index (χ3v) is 9.63. The molecule has 5 atom stereocenters. The van der Waals surface area contributed by atoms with Crippen molar-refractivity contribution < 1.29 is 52.7 Å². The number of aliphatic hydroxyl groups is 1. The molecule has 4 rings (SSSR count). The molecule has 3 aliphatic rings. The second-order valence-corrected chi connectivity index (χ2v) is 12.6. The van der Waals surface area contributed by atoms with Gasteiger partial charge in [-0.25, -0.2) is 4.79 Å². The molecule has 0 saturated carbocycles. The molecule has 0 amide bonds. The van der Waals surface area contributed by atoms with Gasteiger partial charge in [0.2, 0.25) is 6.10 Å². The molecule has 0 bridgehead atoms. The molecule has 1 heterocycles. The van der Waals surface area contributed by atoms with E-state index < -0.39 is 59.9 Å². The van der Waals surface area contributed by atoms with Crippen molar-refractivity contribution in [3.05, 3.63) is 35.1 Å². The Morgan fingerprint density at radius 3 is 2.36 bits per heavy atom. The number of methoxy groups -OCH3 is 1. The molecule has 1 N–H and O–H groups in total. The van der Waals surface area contributed by atoms with Gasteiger partial charge in [0, 0.05) is 18.0 Å². The fourth-order valence-corrected chi connectivity index (χ4v) is 6.77. The van der Waals surface area contributed by atoms with E-state index in [1.54, 1.807) is 13.2 Å². The zero-order valence-electron chi connectivity index (χ0n) is 28.4. The Hall–Kier alpha value is -3.64. The Morgan fingerprint density at radius 2 is 1.70 bits per heavy atom. The molecule has 0 radical (unpaired) electrons. The van der Waals surface area contributed by atoms with Crippen molar-refractivity contribution in [1.82, 2.24) is 4.90 Å². The van der Waals surface area contributed by atoms with Crippen molar-refractivity contribution in [1.29, 1.82) is 0 Å². The number of carbonyl (C=O) groups is 4. The first-order chi connectivity index (χ1) is 22.4. The van der Waals surface area contributed by atoms with Crippen molar-refractivity contribution in [3.8, 4) is 11.5 Å². The standard InChI is InChI=1S/C35H49NO11/c1-7-10-18-43-29(39)21-25(33(40)44-19-11-8-2)46-28(38)15-14-27(37)45-24-16-17-35(41)26(36(5)9-3)20-22-12-13-23(42-6)31-30(22)34(35,4)32(24)47-31/h12-13,16,25-26,32,41H,7-11,14-15,17-21H2,1-6H3/t25-,26-,32+,34+,35-/m1/s1. The van der Waals surface area contributed by atoms with Crippen LogP contribution in [0.4, 0.5) is 0 Å². The summed E-state index contributed by atoms with van der Waals surface area (Å²) in [5, 5.41) is 12.4. The SMILES string of the molecule is CCCCOC(=O)C[C@@H](OC(=O)CCC(=O)OC1=CC[C@@]2(O)[C@H](N(C)CC)Cc3ccc(OC)c4c3[C@@]2(C)[C@H]1O4)C(=O)OCCCC. The Labute approximate surface area is 276 Å². The molecule has 0 spiro atoms. The van der Waals surface area contributed by atoms with Crippen LogP contribution in [0.2, 0.25) is 0 Å². The lowest BCUT2D eigenvalue weighted by molar-refractivity contribution is -0.172. The molecular formula is C35H49NO11. The number of nitrogens with zero attached hydrogens (tertiary/aromatic N) is 1. The number of likely N-dealkylation sites (N-methyl/N-ethyl adjacent to an activating group) is 1. The summed E-state index contributed by atoms with van der Waals surface area (Å²) in [7, 11) is 3.53. The highest BCUT2D eigenvalue weighted by Gasteiger charge is 2.68. The van der Waals surface area contributed by atoms with Gasteiger partial charge < -0.3 is 38.4 Å². The Morgan fingerprint density at radius 1 is 1.02 bits per heavy atom. The number of ether oxygens (including phenoxy) is 6. The Kier molecular flexibility index (Phi) is 11.9. The number of esters is 4. The van der Waals surface area contributed by atoms with Gasteiger partial charge in [-0.05, 0) is 57.5 Å². The highest BCUT2D eigenvalue weighted by molar-refractivity contribution is 5.85. The summed E-state index contributed by atoms with van der Waals surface area (Å²) in [5.74, 6) is -1.83. The summed E-state index contributed by atoms with van der Waals surface area (Å²) in [4.78, 5) is 52.9. The second-order valence-electron chi connectivity index (χ2n) is 12.6. The molecule has 47 heavy (non-hydrogen) atoms. The quantitative estimate of drug-likeness (QED) is 0.147. The van der Waals surface area contributed by atoms with Crippen molar-refractivity contribution in [2.45, 2.75) is 115 Å². The van der Waals surface area contributed by atoms with E-state index in [1.807, 2.05) is 46.9 Å². The van der Waals surface area contributed by atoms with Crippen molar-refractivity contribution >= 4 is 23.9 Å². The highest BCUT2D eigenvalue weighted by atomic mass is 16.6. The maximum atomic E-state index is 13.1. The maximum absolute atomic E-state index is 13.1. The van der Waals surface area contributed by atoms with E-state index in [-0.39, 0.29) is 37.9 Å². The topological polar surface area (TPSA) is 147 Å². The van der Waals surface area contributed by atoms with Gasteiger partial charge in [-0.3, -0.25) is 14.4 Å². The maximum Gasteiger partial charge on any atom is 0.348 e. The van der Waals surface area contributed by atoms with Crippen LogP contribution >= 0.6 is 0 Å². The van der Waals surface area contributed by atoms with E-state index in [0.29, 0.717) is 30.8 Å². The van der Waals surface area contributed by atoms with Gasteiger partial charge in [-0.1, -0.05) is 39.7 Å². The molecule has 12 heteroatoms. The third kappa shape index (κ3) is 7.28. The minimum atomic E-state index is -1.49. The van der Waals surface area contributed by atoms with Crippen LogP contribution in [-0.2, 0) is 50.0 Å². The summed E-state index contributed by atoms with van der Waals surface area (Å²) in [6.07, 6.45) is 1.86. The van der Waals surface area contributed by atoms with Crippen molar-refractivity contribution in [2.24, 2.45) is 0 Å². The van der Waals surface area contributed by atoms with Crippen LogP contribution in [0.1, 0.15) is 90.2 Å². The minimum absolute atomic E-state index is 0.125. The molecule has 0 saturated heterocycles. The predicted molar refractivity (Wildman–Crippen MR) is 170 cm³/mol. The van der Waals surface area contributed by atoms with Gasteiger partial charge in [0.05, 0.1) is 50.6 Å². The number of rotatable bonds is 17. The zero-order valence-corrected chi connectivity index (χ0v) is 28.4. The monoisotopic (exact) mass is 659 g/mol. The van der Waals surface area contributed by atoms with Gasteiger partial charge in [-0.2, -0.15) is 0 Å². The second kappa shape index (κ2) is 15.5. The lowest BCUT2D eigenvalue weighted by atomic mass is 9.54. The minimum Gasteiger partial charge on any atom is -0.493 e. The van der Waals surface area contributed by atoms with Crippen molar-refractivity contribution in [3.63, 3.8) is 0 Å². The van der Waals surface area contributed by atoms with Gasteiger partial charge in [-0.15, -0.1) is 0 Å². The first-order valence-corrected chi connectivity index (χ1v) is 16.7. The van der Waals surface area contributed by atoms with Crippen molar-refractivity contribution in [2.75, 3.05) is 33.9 Å². The lowest BCUT2D eigenvalue weighted by Gasteiger charge is -2.56. The first-order valence-electron chi connectivity index (χ1n) is 16.7. The largest absolute Gasteiger partial charge is 0.493 e. The fourth-order valence-electron chi connectivity index (χ4n) is 6.77. The van der Waals surface area contributed by atoms with E-state index in [4.69, 9.17) is 28.4 Å². The summed E-state index contributed by atoms with van der Waals surface area (Å²) < 4.78 is 33.4. The van der Waals surface area contributed by atoms with Crippen LogP contribution in [0.3, 0.4) is 0 Å². The van der Waals surface area contributed by atoms with Crippen LogP contribution in [0, 0.1) is 0 Å². The summed E-state index contributed by atoms with van der Waals surface area (Å²) in [6.45, 7) is 8.90. The molecule has 1 aromatic carbocycles. The summed E-state index contributed by atoms with van der Waals surface area (Å²) in [5.41, 5.74) is -0.307. The van der Waals surface area contributed by atoms with E-state index in [2.05, 4.69) is 4.90 Å². The molecular weight excluding hydrogens is 610 g/mol. The number of hydrogen-bond acceptors (Lipinski definition) is 12. The van der Waals surface area contributed by atoms with E-state index in [9.17, 15) is 24.3 Å². The van der Waals surface area contributed by atoms with Gasteiger partial charge in [0.1, 0.15) is 5.76 Å². The average molecular weight is 660 g/mol. The van der Waals surface area contributed by atoms with E-state index in [1.165, 1.54) is 0 Å². The van der Waals surface area contributed by atoms with Gasteiger partial charge in [0.15, 0.2) is 17.6 Å². The van der Waals surface area contributed by atoms with Crippen LogP contribution in [0.25, 0.3) is 0 Å². The van der Waals surface area contributed by atoms with E-state index >= 15 is 0 Å². The zero-order chi connectivity index (χ0) is 34.4. The normalized spacial score (nSPS) is 24.4. The Balaban J connectivity index is 1.45. The number of benzene rings is 1. The number of unbranched alkanes of at least 4 members (excludes halogenated alkanes) is 2. The highest BCUT2D eigenvalue weighted by Crippen LogP contribution is 2.62. The molecule has 1 aromatic rings. The molecule has 0 fully saturated rings. The predicted octanol–water partition coefficient (Wildman–Crippen LogP) is 3.92. The molecule has 12 nitrogen and oxygen atoms in total. The van der Waals surface area contributed by atoms with Gasteiger partial charge in [0.25, 0.3) is 0 Å².